The number of benzene rings is 2. The summed E-state index contributed by atoms with van der Waals surface area (Å²) in [6.07, 6.45) is 0.404. The molecule has 1 amide bonds. The second-order valence-electron chi connectivity index (χ2n) is 5.15. The molecular formula is C18H23ClN2O2. The third-order valence-electron chi connectivity index (χ3n) is 3.38. The van der Waals surface area contributed by atoms with Crippen LogP contribution in [-0.2, 0) is 11.3 Å². The van der Waals surface area contributed by atoms with Crippen LogP contribution in [0.5, 0.6) is 0 Å². The Bertz CT molecular complexity index is 564. The van der Waals surface area contributed by atoms with E-state index in [1.807, 2.05) is 48.5 Å². The molecular weight excluding hydrogens is 312 g/mol. The van der Waals surface area contributed by atoms with Crippen molar-refractivity contribution in [1.82, 2.24) is 4.90 Å². The van der Waals surface area contributed by atoms with Crippen LogP contribution in [0.15, 0.2) is 60.7 Å². The first-order valence-electron chi connectivity index (χ1n) is 7.50. The Kier molecular flexibility index (Phi) is 8.98. The largest absolute Gasteiger partial charge is 0.395 e. The number of hydrogen-bond donors (Lipinski definition) is 2. The normalized spacial score (nSPS) is 10.2. The van der Waals surface area contributed by atoms with Crippen LogP contribution in [0, 0.1) is 0 Å². The van der Waals surface area contributed by atoms with Crippen molar-refractivity contribution in [3.8, 4) is 0 Å². The maximum atomic E-state index is 12.0. The summed E-state index contributed by atoms with van der Waals surface area (Å²) in [4.78, 5) is 14.1. The highest BCUT2D eigenvalue weighted by Gasteiger charge is 2.09. The lowest BCUT2D eigenvalue weighted by atomic mass is 10.2. The summed E-state index contributed by atoms with van der Waals surface area (Å²) in [7, 11) is 0. The smallest absolute Gasteiger partial charge is 0.225 e. The lowest BCUT2D eigenvalue weighted by Gasteiger charge is -2.21. The summed E-state index contributed by atoms with van der Waals surface area (Å²) in [5.74, 6) is -0.0119. The van der Waals surface area contributed by atoms with Crippen LogP contribution in [0.25, 0.3) is 0 Å². The predicted octanol–water partition coefficient (Wildman–Crippen LogP) is 2.93. The third kappa shape index (κ3) is 7.28. The molecule has 0 aliphatic carbocycles. The van der Waals surface area contributed by atoms with Gasteiger partial charge in [-0.1, -0.05) is 48.5 Å². The van der Waals surface area contributed by atoms with Crippen LogP contribution in [0.2, 0.25) is 0 Å². The van der Waals surface area contributed by atoms with Crippen LogP contribution in [0.3, 0.4) is 0 Å². The van der Waals surface area contributed by atoms with E-state index in [0.717, 1.165) is 12.2 Å². The average molecular weight is 335 g/mol. The third-order valence-corrected chi connectivity index (χ3v) is 3.38. The molecule has 2 N–H and O–H groups in total. The van der Waals surface area contributed by atoms with Gasteiger partial charge in [0.1, 0.15) is 0 Å². The summed E-state index contributed by atoms with van der Waals surface area (Å²) in [6, 6.07) is 19.5. The number of carbonyl (C=O) groups is 1. The summed E-state index contributed by atoms with van der Waals surface area (Å²) in [5.41, 5.74) is 1.99. The topological polar surface area (TPSA) is 52.6 Å². The van der Waals surface area contributed by atoms with Crippen LogP contribution in [-0.4, -0.2) is 35.6 Å². The molecule has 4 nitrogen and oxygen atoms in total. The van der Waals surface area contributed by atoms with Gasteiger partial charge in [-0.15, -0.1) is 12.4 Å². The van der Waals surface area contributed by atoms with E-state index in [1.54, 1.807) is 0 Å². The van der Waals surface area contributed by atoms with Gasteiger partial charge >= 0.3 is 0 Å². The predicted molar refractivity (Wildman–Crippen MR) is 95.7 cm³/mol. The number of amides is 1. The quantitative estimate of drug-likeness (QED) is 0.780. The second-order valence-corrected chi connectivity index (χ2v) is 5.15. The highest BCUT2D eigenvalue weighted by Crippen LogP contribution is 2.07. The molecule has 0 spiro atoms. The number of anilines is 1. The molecule has 0 bridgehead atoms. The first-order chi connectivity index (χ1) is 10.8. The van der Waals surface area contributed by atoms with Crippen LogP contribution in [0.1, 0.15) is 12.0 Å². The van der Waals surface area contributed by atoms with Gasteiger partial charge in [0.25, 0.3) is 0 Å². The van der Waals surface area contributed by atoms with Crippen molar-refractivity contribution < 1.29 is 9.90 Å². The van der Waals surface area contributed by atoms with E-state index in [1.165, 1.54) is 5.56 Å². The minimum Gasteiger partial charge on any atom is -0.395 e. The van der Waals surface area contributed by atoms with Crippen LogP contribution < -0.4 is 5.32 Å². The van der Waals surface area contributed by atoms with E-state index >= 15 is 0 Å². The number of carbonyl (C=O) groups excluding carboxylic acids is 1. The van der Waals surface area contributed by atoms with Gasteiger partial charge in [-0.3, -0.25) is 9.69 Å². The van der Waals surface area contributed by atoms with Crippen molar-refractivity contribution >= 4 is 24.0 Å². The number of aliphatic hydroxyl groups excluding tert-OH is 1. The van der Waals surface area contributed by atoms with Gasteiger partial charge < -0.3 is 10.4 Å². The molecule has 0 saturated carbocycles. The Labute approximate surface area is 143 Å². The Balaban J connectivity index is 0.00000264. The Morgan fingerprint density at radius 2 is 1.57 bits per heavy atom. The monoisotopic (exact) mass is 334 g/mol. The maximum Gasteiger partial charge on any atom is 0.225 e. The summed E-state index contributed by atoms with van der Waals surface area (Å²) < 4.78 is 0. The summed E-state index contributed by atoms with van der Waals surface area (Å²) in [6.45, 7) is 2.01. The van der Waals surface area contributed by atoms with Crippen molar-refractivity contribution in [2.75, 3.05) is 25.0 Å². The van der Waals surface area contributed by atoms with Crippen molar-refractivity contribution in [3.63, 3.8) is 0 Å². The zero-order valence-corrected chi connectivity index (χ0v) is 13.8. The number of nitrogens with one attached hydrogen (secondary N) is 1. The highest BCUT2D eigenvalue weighted by atomic mass is 35.5. The molecule has 2 aromatic carbocycles. The molecule has 0 atom stereocenters. The van der Waals surface area contributed by atoms with E-state index in [4.69, 9.17) is 0 Å². The van der Waals surface area contributed by atoms with Crippen LogP contribution >= 0.6 is 12.4 Å². The van der Waals surface area contributed by atoms with Crippen molar-refractivity contribution in [3.05, 3.63) is 66.2 Å². The average Bonchev–Trinajstić information content (AvgIpc) is 2.55. The highest BCUT2D eigenvalue weighted by molar-refractivity contribution is 5.90. The number of rotatable bonds is 8. The van der Waals surface area contributed by atoms with E-state index < -0.39 is 0 Å². The lowest BCUT2D eigenvalue weighted by molar-refractivity contribution is -0.116. The molecule has 0 aromatic heterocycles. The fourth-order valence-corrected chi connectivity index (χ4v) is 2.26. The Hall–Kier alpha value is -1.88. The molecule has 124 valence electrons. The molecule has 0 saturated heterocycles. The molecule has 0 unspecified atom stereocenters. The van der Waals surface area contributed by atoms with E-state index in [2.05, 4.69) is 22.3 Å². The van der Waals surface area contributed by atoms with Gasteiger partial charge in [-0.25, -0.2) is 0 Å². The number of para-hydroxylation sites is 1. The molecule has 0 fully saturated rings. The minimum atomic E-state index is -0.0119. The van der Waals surface area contributed by atoms with Crippen molar-refractivity contribution in [1.29, 1.82) is 0 Å². The van der Waals surface area contributed by atoms with Gasteiger partial charge in [-0.05, 0) is 17.7 Å². The maximum absolute atomic E-state index is 12.0. The number of aliphatic hydroxyl groups is 1. The van der Waals surface area contributed by atoms with Gasteiger partial charge in [0, 0.05) is 31.7 Å². The number of nitrogens with zero attached hydrogens (tertiary/aromatic N) is 1. The van der Waals surface area contributed by atoms with Gasteiger partial charge in [-0.2, -0.15) is 0 Å². The fraction of sp³-hybridized carbons (Fsp3) is 0.278. The van der Waals surface area contributed by atoms with E-state index in [0.29, 0.717) is 19.5 Å². The molecule has 2 rings (SSSR count). The van der Waals surface area contributed by atoms with Crippen molar-refractivity contribution in [2.24, 2.45) is 0 Å². The number of halogens is 1. The van der Waals surface area contributed by atoms with Crippen LogP contribution in [0.4, 0.5) is 5.69 Å². The first kappa shape index (κ1) is 19.2. The molecule has 0 heterocycles. The van der Waals surface area contributed by atoms with E-state index in [-0.39, 0.29) is 24.9 Å². The van der Waals surface area contributed by atoms with E-state index in [9.17, 15) is 9.90 Å². The van der Waals surface area contributed by atoms with Gasteiger partial charge in [0.2, 0.25) is 5.91 Å². The minimum absolute atomic E-state index is 0. The zero-order chi connectivity index (χ0) is 15.6. The first-order valence-corrected chi connectivity index (χ1v) is 7.50. The molecule has 2 aromatic rings. The second kappa shape index (κ2) is 10.8. The summed E-state index contributed by atoms with van der Waals surface area (Å²) in [5, 5.41) is 12.0. The number of hydrogen-bond acceptors (Lipinski definition) is 3. The zero-order valence-electron chi connectivity index (χ0n) is 13.0. The van der Waals surface area contributed by atoms with Gasteiger partial charge in [0.15, 0.2) is 0 Å². The Morgan fingerprint density at radius 1 is 0.957 bits per heavy atom. The molecule has 0 aliphatic heterocycles. The molecule has 23 heavy (non-hydrogen) atoms. The SMILES string of the molecule is Cl.O=C(CCN(CCO)Cc1ccccc1)Nc1ccccc1. The van der Waals surface area contributed by atoms with Crippen molar-refractivity contribution in [2.45, 2.75) is 13.0 Å². The standard InChI is InChI=1S/C18H22N2O2.ClH/c21-14-13-20(15-16-7-3-1-4-8-16)12-11-18(22)19-17-9-5-2-6-10-17;/h1-10,21H,11-15H2,(H,19,22);1H. The fourth-order valence-electron chi connectivity index (χ4n) is 2.26. The lowest BCUT2D eigenvalue weighted by Crippen LogP contribution is -2.30. The Morgan fingerprint density at radius 3 is 2.17 bits per heavy atom. The van der Waals surface area contributed by atoms with Gasteiger partial charge in [0.05, 0.1) is 6.61 Å². The molecule has 0 aliphatic rings. The molecule has 0 radical (unpaired) electrons. The molecule has 5 heteroatoms. The summed E-state index contributed by atoms with van der Waals surface area (Å²) >= 11 is 0.